The number of aryl methyl sites for hydroxylation is 1. The Kier molecular flexibility index (Phi) is 8.06. The van der Waals surface area contributed by atoms with Crippen molar-refractivity contribution in [3.05, 3.63) is 101 Å². The smallest absolute Gasteiger partial charge is 0.255 e. The number of imide groups is 1. The maximum atomic E-state index is 13.1. The van der Waals surface area contributed by atoms with Crippen molar-refractivity contribution in [1.82, 2.24) is 4.90 Å². The molecular formula is C27H25N3O2S. The van der Waals surface area contributed by atoms with Crippen molar-refractivity contribution >= 4 is 35.5 Å². The second-order valence-electron chi connectivity index (χ2n) is 7.53. The van der Waals surface area contributed by atoms with Gasteiger partial charge in [0.25, 0.3) is 5.91 Å². The van der Waals surface area contributed by atoms with Gasteiger partial charge in [-0.05, 0) is 60.7 Å². The molecule has 2 amide bonds. The van der Waals surface area contributed by atoms with Gasteiger partial charge in [0, 0.05) is 23.7 Å². The fourth-order valence-electron chi connectivity index (χ4n) is 3.29. The molecule has 0 saturated heterocycles. The summed E-state index contributed by atoms with van der Waals surface area (Å²) in [6.07, 6.45) is 4.05. The fourth-order valence-corrected chi connectivity index (χ4v) is 3.70. The molecule has 5 nitrogen and oxygen atoms in total. The number of carbonyl (C=O) groups excluding carboxylic acids is 2. The van der Waals surface area contributed by atoms with Gasteiger partial charge in [-0.25, -0.2) is 0 Å². The summed E-state index contributed by atoms with van der Waals surface area (Å²) in [4.78, 5) is 29.1. The molecule has 0 fully saturated rings. The number of rotatable bonds is 8. The Morgan fingerprint density at radius 1 is 1.00 bits per heavy atom. The Labute approximate surface area is 198 Å². The van der Waals surface area contributed by atoms with E-state index in [9.17, 15) is 9.59 Å². The number of thioether (sulfide) groups is 1. The van der Waals surface area contributed by atoms with E-state index in [1.807, 2.05) is 73.7 Å². The molecule has 0 spiro atoms. The molecule has 3 aromatic rings. The number of nitriles is 1. The van der Waals surface area contributed by atoms with E-state index in [1.165, 1.54) is 6.08 Å². The van der Waals surface area contributed by atoms with Crippen molar-refractivity contribution in [2.45, 2.75) is 18.4 Å². The van der Waals surface area contributed by atoms with Gasteiger partial charge < -0.3 is 4.90 Å². The van der Waals surface area contributed by atoms with Crippen LogP contribution in [0.15, 0.2) is 83.8 Å². The third-order valence-electron chi connectivity index (χ3n) is 5.27. The van der Waals surface area contributed by atoms with Crippen LogP contribution in [0.25, 0.3) is 5.70 Å². The first-order chi connectivity index (χ1) is 15.9. The fraction of sp³-hybridized carbons (Fsp3) is 0.148. The van der Waals surface area contributed by atoms with E-state index in [2.05, 4.69) is 6.07 Å². The monoisotopic (exact) mass is 455 g/mol. The highest BCUT2D eigenvalue weighted by atomic mass is 32.2. The molecule has 0 aliphatic rings. The minimum atomic E-state index is -0.419. The van der Waals surface area contributed by atoms with Gasteiger partial charge in [0.15, 0.2) is 0 Å². The van der Waals surface area contributed by atoms with E-state index >= 15 is 0 Å². The van der Waals surface area contributed by atoms with Crippen LogP contribution in [-0.2, 0) is 16.1 Å². The molecule has 3 rings (SSSR count). The minimum Gasteiger partial charge on any atom is -0.344 e. The Balaban J connectivity index is 1.93. The van der Waals surface area contributed by atoms with Crippen molar-refractivity contribution in [3.63, 3.8) is 0 Å². The number of hydrogen-bond donors (Lipinski definition) is 0. The second-order valence-corrected chi connectivity index (χ2v) is 8.41. The highest BCUT2D eigenvalue weighted by Gasteiger charge is 2.17. The van der Waals surface area contributed by atoms with Crippen LogP contribution < -0.4 is 4.90 Å². The molecule has 0 unspecified atom stereocenters. The van der Waals surface area contributed by atoms with Crippen LogP contribution in [0.5, 0.6) is 0 Å². The molecule has 0 aliphatic heterocycles. The lowest BCUT2D eigenvalue weighted by Crippen LogP contribution is -2.29. The Bertz CT molecular complexity index is 1180. The highest BCUT2D eigenvalue weighted by molar-refractivity contribution is 7.98. The summed E-state index contributed by atoms with van der Waals surface area (Å²) < 4.78 is 0. The molecule has 0 N–H and O–H groups in total. The Morgan fingerprint density at radius 2 is 1.64 bits per heavy atom. The summed E-state index contributed by atoms with van der Waals surface area (Å²) in [6, 6.07) is 24.9. The van der Waals surface area contributed by atoms with E-state index in [0.717, 1.165) is 32.2 Å². The third-order valence-corrected chi connectivity index (χ3v) is 6.02. The van der Waals surface area contributed by atoms with Crippen molar-refractivity contribution in [2.24, 2.45) is 0 Å². The molecule has 0 radical (unpaired) electrons. The first kappa shape index (κ1) is 23.8. The second kappa shape index (κ2) is 11.2. The lowest BCUT2D eigenvalue weighted by atomic mass is 10.1. The summed E-state index contributed by atoms with van der Waals surface area (Å²) in [5.41, 5.74) is 4.89. The SMILES string of the molecule is CSc1ccc(N(C)/C(=C\C(=O)N(C=O)Cc2ccc(C#N)cc2)c2ccc(C)cc2)cc1. The lowest BCUT2D eigenvalue weighted by molar-refractivity contribution is -0.135. The number of hydrogen-bond acceptors (Lipinski definition) is 5. The van der Waals surface area contributed by atoms with Gasteiger partial charge in [0.2, 0.25) is 6.41 Å². The van der Waals surface area contributed by atoms with Crippen molar-refractivity contribution in [2.75, 3.05) is 18.2 Å². The predicted octanol–water partition coefficient (Wildman–Crippen LogP) is 5.25. The van der Waals surface area contributed by atoms with Crippen molar-refractivity contribution in [1.29, 1.82) is 5.26 Å². The molecule has 6 heteroatoms. The molecule has 0 heterocycles. The molecule has 166 valence electrons. The van der Waals surface area contributed by atoms with Gasteiger partial charge in [-0.15, -0.1) is 11.8 Å². The number of amides is 2. The number of carbonyl (C=O) groups is 2. The van der Waals surface area contributed by atoms with Crippen LogP contribution in [-0.4, -0.2) is 30.5 Å². The van der Waals surface area contributed by atoms with Gasteiger partial charge in [0.05, 0.1) is 23.9 Å². The Morgan fingerprint density at radius 3 is 2.18 bits per heavy atom. The average Bonchev–Trinajstić information content (AvgIpc) is 2.86. The number of anilines is 1. The molecule has 0 atom stereocenters. The van der Waals surface area contributed by atoms with Gasteiger partial charge in [-0.2, -0.15) is 5.26 Å². The quantitative estimate of drug-likeness (QED) is 0.264. The summed E-state index contributed by atoms with van der Waals surface area (Å²) in [5, 5.41) is 8.96. The van der Waals surface area contributed by atoms with E-state index in [1.54, 1.807) is 36.0 Å². The first-order valence-corrected chi connectivity index (χ1v) is 11.6. The summed E-state index contributed by atoms with van der Waals surface area (Å²) >= 11 is 1.67. The maximum Gasteiger partial charge on any atom is 0.255 e. The van der Waals surface area contributed by atoms with Crippen LogP contribution in [0.4, 0.5) is 5.69 Å². The largest absolute Gasteiger partial charge is 0.344 e. The van der Waals surface area contributed by atoms with Crippen LogP contribution in [0, 0.1) is 18.3 Å². The predicted molar refractivity (Wildman–Crippen MR) is 134 cm³/mol. The highest BCUT2D eigenvalue weighted by Crippen LogP contribution is 2.27. The molecule has 0 bridgehead atoms. The average molecular weight is 456 g/mol. The number of nitrogens with zero attached hydrogens (tertiary/aromatic N) is 3. The topological polar surface area (TPSA) is 64.4 Å². The standard InChI is InChI=1S/C27H25N3O2S/c1-20-4-10-23(11-5-20)26(29(2)24-12-14-25(33-3)15-13-24)16-27(32)30(19-31)18-22-8-6-21(17-28)7-9-22/h4-16,19H,18H2,1-3H3/b26-16-. The normalized spacial score (nSPS) is 10.9. The van der Waals surface area contributed by atoms with Gasteiger partial charge in [-0.1, -0.05) is 42.0 Å². The molecule has 0 aliphatic carbocycles. The number of benzene rings is 3. The van der Waals surface area contributed by atoms with Gasteiger partial charge in [-0.3, -0.25) is 14.5 Å². The van der Waals surface area contributed by atoms with Gasteiger partial charge in [0.1, 0.15) is 0 Å². The third kappa shape index (κ3) is 6.12. The zero-order valence-corrected chi connectivity index (χ0v) is 19.7. The van der Waals surface area contributed by atoms with Crippen LogP contribution in [0.1, 0.15) is 22.3 Å². The molecule has 0 aromatic heterocycles. The zero-order valence-electron chi connectivity index (χ0n) is 18.9. The van der Waals surface area contributed by atoms with Crippen LogP contribution >= 0.6 is 11.8 Å². The van der Waals surface area contributed by atoms with Crippen LogP contribution in [0.3, 0.4) is 0 Å². The van der Waals surface area contributed by atoms with Crippen molar-refractivity contribution in [3.8, 4) is 6.07 Å². The van der Waals surface area contributed by atoms with E-state index in [-0.39, 0.29) is 6.54 Å². The summed E-state index contributed by atoms with van der Waals surface area (Å²) in [7, 11) is 1.90. The maximum absolute atomic E-state index is 13.1. The van der Waals surface area contributed by atoms with E-state index in [0.29, 0.717) is 17.7 Å². The van der Waals surface area contributed by atoms with E-state index in [4.69, 9.17) is 5.26 Å². The molecule has 3 aromatic carbocycles. The molecule has 33 heavy (non-hydrogen) atoms. The van der Waals surface area contributed by atoms with E-state index < -0.39 is 5.91 Å². The van der Waals surface area contributed by atoms with Crippen LogP contribution in [0.2, 0.25) is 0 Å². The summed E-state index contributed by atoms with van der Waals surface area (Å²) in [5.74, 6) is -0.419. The summed E-state index contributed by atoms with van der Waals surface area (Å²) in [6.45, 7) is 2.13. The van der Waals surface area contributed by atoms with Gasteiger partial charge >= 0.3 is 0 Å². The minimum absolute atomic E-state index is 0.123. The zero-order chi connectivity index (χ0) is 23.8. The molecule has 0 saturated carbocycles. The molecular weight excluding hydrogens is 430 g/mol. The Hall–Kier alpha value is -3.82. The first-order valence-electron chi connectivity index (χ1n) is 10.4. The van der Waals surface area contributed by atoms with Crippen molar-refractivity contribution < 1.29 is 9.59 Å². The lowest BCUT2D eigenvalue weighted by Gasteiger charge is -2.24.